The molecule has 0 aromatic heterocycles. The summed E-state index contributed by atoms with van der Waals surface area (Å²) in [6, 6.07) is 10.6. The van der Waals surface area contributed by atoms with Crippen molar-refractivity contribution in [3.05, 3.63) is 41.1 Å². The lowest BCUT2D eigenvalue weighted by Crippen LogP contribution is -2.27. The van der Waals surface area contributed by atoms with Crippen molar-refractivity contribution in [2.75, 3.05) is 6.54 Å². The molecule has 88 valence electrons. The van der Waals surface area contributed by atoms with Crippen molar-refractivity contribution in [2.45, 2.75) is 33.2 Å². The first-order chi connectivity index (χ1) is 8.27. The van der Waals surface area contributed by atoms with Crippen molar-refractivity contribution >= 4 is 5.57 Å². The van der Waals surface area contributed by atoms with Gasteiger partial charge in [0, 0.05) is 18.8 Å². The van der Waals surface area contributed by atoms with Crippen LogP contribution in [0, 0.1) is 11.3 Å². The van der Waals surface area contributed by atoms with E-state index in [2.05, 4.69) is 36.9 Å². The topological polar surface area (TPSA) is 27.0 Å². The van der Waals surface area contributed by atoms with Crippen LogP contribution in [0.2, 0.25) is 0 Å². The van der Waals surface area contributed by atoms with Gasteiger partial charge in [0.1, 0.15) is 6.07 Å². The van der Waals surface area contributed by atoms with Gasteiger partial charge >= 0.3 is 0 Å². The minimum absolute atomic E-state index is 0.836. The lowest BCUT2D eigenvalue weighted by molar-refractivity contribution is 0.328. The van der Waals surface area contributed by atoms with Gasteiger partial charge in [-0.25, -0.2) is 0 Å². The van der Waals surface area contributed by atoms with Crippen molar-refractivity contribution in [3.63, 3.8) is 0 Å². The number of unbranched alkanes of at least 4 members (excludes halogenated alkanes) is 1. The molecule has 0 atom stereocenters. The van der Waals surface area contributed by atoms with E-state index < -0.39 is 0 Å². The Morgan fingerprint density at radius 1 is 1.35 bits per heavy atom. The number of rotatable bonds is 3. The molecule has 1 aliphatic heterocycles. The van der Waals surface area contributed by atoms with E-state index >= 15 is 0 Å². The molecule has 1 aliphatic rings. The highest BCUT2D eigenvalue weighted by atomic mass is 15.1. The molecule has 0 bridgehead atoms. The van der Waals surface area contributed by atoms with Gasteiger partial charge in [0.25, 0.3) is 0 Å². The molecule has 0 saturated carbocycles. The molecule has 2 rings (SSSR count). The first-order valence-corrected chi connectivity index (χ1v) is 6.22. The summed E-state index contributed by atoms with van der Waals surface area (Å²) in [6.45, 7) is 6.24. The van der Waals surface area contributed by atoms with Crippen LogP contribution in [0.5, 0.6) is 0 Å². The van der Waals surface area contributed by atoms with Crippen molar-refractivity contribution in [1.82, 2.24) is 4.90 Å². The summed E-state index contributed by atoms with van der Waals surface area (Å²) in [7, 11) is 0. The van der Waals surface area contributed by atoms with Crippen molar-refractivity contribution in [2.24, 2.45) is 0 Å². The summed E-state index contributed by atoms with van der Waals surface area (Å²) in [5, 5.41) is 9.32. The van der Waals surface area contributed by atoms with Crippen molar-refractivity contribution < 1.29 is 0 Å². The standard InChI is InChI=1S/C15H18N2/c1-3-4-9-17-11-13-7-5-6-8-14(13)15(10-16)12(17)2/h5-8H,3-4,9,11H2,1-2H3. The summed E-state index contributed by atoms with van der Waals surface area (Å²) in [6.07, 6.45) is 2.37. The Kier molecular flexibility index (Phi) is 3.49. The molecule has 0 spiro atoms. The van der Waals surface area contributed by atoms with Crippen LogP contribution in [0.1, 0.15) is 37.8 Å². The minimum atomic E-state index is 0.836. The van der Waals surface area contributed by atoms with Gasteiger partial charge in [0.15, 0.2) is 0 Å². The van der Waals surface area contributed by atoms with E-state index in [9.17, 15) is 5.26 Å². The molecule has 0 radical (unpaired) electrons. The van der Waals surface area contributed by atoms with Gasteiger partial charge < -0.3 is 4.90 Å². The third-order valence-corrected chi connectivity index (χ3v) is 3.38. The highest BCUT2D eigenvalue weighted by Gasteiger charge is 2.20. The van der Waals surface area contributed by atoms with Gasteiger partial charge in [-0.15, -0.1) is 0 Å². The Morgan fingerprint density at radius 3 is 2.82 bits per heavy atom. The predicted octanol–water partition coefficient (Wildman–Crippen LogP) is 3.56. The zero-order valence-electron chi connectivity index (χ0n) is 10.5. The Balaban J connectivity index is 2.38. The molecule has 2 nitrogen and oxygen atoms in total. The normalized spacial score (nSPS) is 14.5. The van der Waals surface area contributed by atoms with E-state index in [1.54, 1.807) is 0 Å². The van der Waals surface area contributed by atoms with Gasteiger partial charge in [0.2, 0.25) is 0 Å². The van der Waals surface area contributed by atoms with Crippen LogP contribution in [-0.4, -0.2) is 11.4 Å². The van der Waals surface area contributed by atoms with Crippen LogP contribution >= 0.6 is 0 Å². The number of hydrogen-bond donors (Lipinski definition) is 0. The molecular formula is C15H18N2. The second-order valence-electron chi connectivity index (χ2n) is 4.50. The van der Waals surface area contributed by atoms with Crippen LogP contribution in [0.3, 0.4) is 0 Å². The maximum absolute atomic E-state index is 9.32. The van der Waals surface area contributed by atoms with E-state index in [0.717, 1.165) is 29.9 Å². The third-order valence-electron chi connectivity index (χ3n) is 3.38. The van der Waals surface area contributed by atoms with Gasteiger partial charge in [-0.3, -0.25) is 0 Å². The fraction of sp³-hybridized carbons (Fsp3) is 0.400. The molecule has 0 fully saturated rings. The van der Waals surface area contributed by atoms with Crippen LogP contribution in [0.15, 0.2) is 30.0 Å². The van der Waals surface area contributed by atoms with Crippen molar-refractivity contribution in [1.29, 1.82) is 5.26 Å². The van der Waals surface area contributed by atoms with Crippen LogP contribution in [-0.2, 0) is 6.54 Å². The molecule has 0 amide bonds. The van der Waals surface area contributed by atoms with Gasteiger partial charge in [-0.2, -0.15) is 5.26 Å². The number of benzene rings is 1. The lowest BCUT2D eigenvalue weighted by atomic mass is 9.94. The van der Waals surface area contributed by atoms with E-state index in [-0.39, 0.29) is 0 Å². The average molecular weight is 226 g/mol. The smallest absolute Gasteiger partial charge is 0.102 e. The van der Waals surface area contributed by atoms with E-state index in [4.69, 9.17) is 0 Å². The molecule has 0 unspecified atom stereocenters. The van der Waals surface area contributed by atoms with Crippen LogP contribution < -0.4 is 0 Å². The highest BCUT2D eigenvalue weighted by molar-refractivity contribution is 5.81. The number of nitriles is 1. The number of hydrogen-bond acceptors (Lipinski definition) is 2. The van der Waals surface area contributed by atoms with Gasteiger partial charge in [-0.1, -0.05) is 37.6 Å². The van der Waals surface area contributed by atoms with E-state index in [1.807, 2.05) is 12.1 Å². The Morgan fingerprint density at radius 2 is 2.12 bits per heavy atom. The second-order valence-corrected chi connectivity index (χ2v) is 4.50. The van der Waals surface area contributed by atoms with Crippen LogP contribution in [0.4, 0.5) is 0 Å². The summed E-state index contributed by atoms with van der Waals surface area (Å²) >= 11 is 0. The fourth-order valence-corrected chi connectivity index (χ4v) is 2.32. The number of fused-ring (bicyclic) bond motifs is 1. The molecule has 0 N–H and O–H groups in total. The number of allylic oxidation sites excluding steroid dienone is 2. The monoisotopic (exact) mass is 226 g/mol. The molecule has 17 heavy (non-hydrogen) atoms. The summed E-state index contributed by atoms with van der Waals surface area (Å²) < 4.78 is 0. The minimum Gasteiger partial charge on any atom is -0.370 e. The average Bonchev–Trinajstić information content (AvgIpc) is 2.36. The van der Waals surface area contributed by atoms with Crippen LogP contribution in [0.25, 0.3) is 5.57 Å². The van der Waals surface area contributed by atoms with Gasteiger partial charge in [0.05, 0.1) is 5.57 Å². The lowest BCUT2D eigenvalue weighted by Gasteiger charge is -2.31. The molecule has 1 aromatic carbocycles. The van der Waals surface area contributed by atoms with Gasteiger partial charge in [-0.05, 0) is 24.5 Å². The first kappa shape index (κ1) is 11.7. The van der Waals surface area contributed by atoms with Crippen molar-refractivity contribution in [3.8, 4) is 6.07 Å². The molecule has 1 heterocycles. The maximum Gasteiger partial charge on any atom is 0.102 e. The van der Waals surface area contributed by atoms with E-state index in [1.165, 1.54) is 18.4 Å². The molecule has 0 aliphatic carbocycles. The second kappa shape index (κ2) is 5.05. The first-order valence-electron chi connectivity index (χ1n) is 6.22. The Hall–Kier alpha value is -1.75. The summed E-state index contributed by atoms with van der Waals surface area (Å²) in [4.78, 5) is 2.32. The Labute approximate surface area is 103 Å². The Bertz CT molecular complexity index is 480. The SMILES string of the molecule is CCCCN1Cc2ccccc2C(C#N)=C1C. The highest BCUT2D eigenvalue weighted by Crippen LogP contribution is 2.30. The maximum atomic E-state index is 9.32. The fourth-order valence-electron chi connectivity index (χ4n) is 2.32. The summed E-state index contributed by atoms with van der Waals surface area (Å²) in [5.74, 6) is 0. The zero-order chi connectivity index (χ0) is 12.3. The molecule has 2 heteroatoms. The third kappa shape index (κ3) is 2.19. The molecule has 1 aromatic rings. The molecule has 0 saturated heterocycles. The summed E-state index contributed by atoms with van der Waals surface area (Å²) in [5.41, 5.74) is 4.34. The quantitative estimate of drug-likeness (QED) is 0.788. The largest absolute Gasteiger partial charge is 0.370 e. The predicted molar refractivity (Wildman–Crippen MR) is 70.0 cm³/mol. The van der Waals surface area contributed by atoms with E-state index in [0.29, 0.717) is 0 Å². The number of nitrogens with zero attached hydrogens (tertiary/aromatic N) is 2. The zero-order valence-corrected chi connectivity index (χ0v) is 10.5. The molecular weight excluding hydrogens is 208 g/mol.